The first-order valence-corrected chi connectivity index (χ1v) is 13.2. The number of rotatable bonds is 18. The van der Waals surface area contributed by atoms with E-state index in [0.717, 1.165) is 0 Å². The molecule has 0 radical (unpaired) electrons. The fraction of sp³-hybridized carbons (Fsp3) is 0.423. The number of hydrogen-bond acceptors (Lipinski definition) is 8. The number of nitrogens with one attached hydrogen (secondary N) is 4. The minimum Gasteiger partial charge on any atom is -0.480 e. The van der Waals surface area contributed by atoms with Crippen LogP contribution in [0.4, 0.5) is 0 Å². The molecule has 1 heterocycles. The number of nitrogens with zero attached hydrogens (tertiary/aromatic N) is 2. The molecule has 0 saturated heterocycles. The number of primary amides is 1. The lowest BCUT2D eigenvalue weighted by Crippen LogP contribution is -2.58. The van der Waals surface area contributed by atoms with Crippen LogP contribution in [0.1, 0.15) is 36.9 Å². The van der Waals surface area contributed by atoms with E-state index in [-0.39, 0.29) is 44.6 Å². The van der Waals surface area contributed by atoms with Crippen molar-refractivity contribution >= 4 is 35.6 Å². The zero-order chi connectivity index (χ0) is 31.1. The first-order valence-electron chi connectivity index (χ1n) is 13.2. The molecule has 0 spiro atoms. The normalized spacial score (nSPS) is 13.5. The van der Waals surface area contributed by atoms with Crippen molar-refractivity contribution in [2.75, 3.05) is 6.54 Å². The number of aliphatic carboxylic acids is 1. The van der Waals surface area contributed by atoms with Gasteiger partial charge in [-0.05, 0) is 24.8 Å². The predicted octanol–water partition coefficient (Wildman–Crippen LogP) is -2.62. The second-order valence-electron chi connectivity index (χ2n) is 9.55. The molecule has 1 aromatic carbocycles. The van der Waals surface area contributed by atoms with Crippen LogP contribution >= 0.6 is 0 Å². The average molecular weight is 587 g/mol. The van der Waals surface area contributed by atoms with E-state index in [1.165, 1.54) is 12.5 Å². The number of carbonyl (C=O) groups is 5. The SMILES string of the molecule is NC(=O)CCC(NC(=O)C(Cc1ccccc1)NC(=O)C(Cc1cnc[nH]1)NC(=O)C(N)CCCN=C(N)N)C(=O)O. The third-order valence-electron chi connectivity index (χ3n) is 6.13. The predicted molar refractivity (Wildman–Crippen MR) is 152 cm³/mol. The average Bonchev–Trinajstić information content (AvgIpc) is 3.45. The zero-order valence-electron chi connectivity index (χ0n) is 23.0. The van der Waals surface area contributed by atoms with E-state index >= 15 is 0 Å². The lowest BCUT2D eigenvalue weighted by Gasteiger charge is -2.25. The smallest absolute Gasteiger partial charge is 0.326 e. The number of imidazole rings is 1. The highest BCUT2D eigenvalue weighted by Gasteiger charge is 2.31. The Bertz CT molecular complexity index is 1220. The molecular weight excluding hydrogens is 548 g/mol. The number of carboxylic acids is 1. The van der Waals surface area contributed by atoms with Gasteiger partial charge in [0.05, 0.1) is 12.4 Å². The summed E-state index contributed by atoms with van der Waals surface area (Å²) in [7, 11) is 0. The molecule has 4 unspecified atom stereocenters. The number of aliphatic imine (C=N–C) groups is 1. The highest BCUT2D eigenvalue weighted by atomic mass is 16.4. The number of nitrogens with two attached hydrogens (primary N) is 4. The van der Waals surface area contributed by atoms with Gasteiger partial charge in [-0.3, -0.25) is 24.2 Å². The largest absolute Gasteiger partial charge is 0.480 e. The van der Waals surface area contributed by atoms with Crippen molar-refractivity contribution < 1.29 is 29.1 Å². The number of carbonyl (C=O) groups excluding carboxylic acids is 4. The van der Waals surface area contributed by atoms with Crippen LogP contribution in [0.2, 0.25) is 0 Å². The van der Waals surface area contributed by atoms with Gasteiger partial charge in [-0.25, -0.2) is 9.78 Å². The number of aromatic nitrogens is 2. The minimum absolute atomic E-state index is 0.00562. The van der Waals surface area contributed by atoms with Crippen molar-refractivity contribution in [3.63, 3.8) is 0 Å². The van der Waals surface area contributed by atoms with E-state index in [4.69, 9.17) is 22.9 Å². The summed E-state index contributed by atoms with van der Waals surface area (Å²) in [4.78, 5) is 73.1. The summed E-state index contributed by atoms with van der Waals surface area (Å²) in [5, 5.41) is 17.1. The number of benzene rings is 1. The lowest BCUT2D eigenvalue weighted by atomic mass is 10.0. The first kappa shape index (κ1) is 33.2. The van der Waals surface area contributed by atoms with E-state index in [0.29, 0.717) is 17.7 Å². The van der Waals surface area contributed by atoms with Crippen molar-refractivity contribution in [1.29, 1.82) is 0 Å². The maximum atomic E-state index is 13.5. The van der Waals surface area contributed by atoms with Gasteiger partial charge in [0.2, 0.25) is 23.6 Å². The van der Waals surface area contributed by atoms with Gasteiger partial charge in [-0.15, -0.1) is 0 Å². The van der Waals surface area contributed by atoms with Crippen molar-refractivity contribution in [3.8, 4) is 0 Å². The fourth-order valence-corrected chi connectivity index (χ4v) is 3.90. The number of H-pyrrole nitrogens is 1. The molecule has 2 rings (SSSR count). The van der Waals surface area contributed by atoms with Crippen molar-refractivity contribution in [1.82, 2.24) is 25.9 Å². The number of aromatic amines is 1. The Morgan fingerprint density at radius 2 is 1.50 bits per heavy atom. The quantitative estimate of drug-likeness (QED) is 0.0498. The zero-order valence-corrected chi connectivity index (χ0v) is 23.0. The molecule has 0 fully saturated rings. The highest BCUT2D eigenvalue weighted by Crippen LogP contribution is 2.08. The van der Waals surface area contributed by atoms with Crippen LogP contribution < -0.4 is 38.9 Å². The second-order valence-corrected chi connectivity index (χ2v) is 9.55. The van der Waals surface area contributed by atoms with Crippen LogP contribution in [-0.2, 0) is 36.8 Å². The topological polar surface area (TPSA) is 287 Å². The summed E-state index contributed by atoms with van der Waals surface area (Å²) in [5.74, 6) is -4.30. The van der Waals surface area contributed by atoms with Crippen LogP contribution in [0.25, 0.3) is 0 Å². The van der Waals surface area contributed by atoms with E-state index in [9.17, 15) is 29.1 Å². The number of hydrogen-bond donors (Lipinski definition) is 9. The monoisotopic (exact) mass is 586 g/mol. The van der Waals surface area contributed by atoms with Crippen molar-refractivity contribution in [2.24, 2.45) is 27.9 Å². The van der Waals surface area contributed by atoms with E-state index in [1.54, 1.807) is 30.3 Å². The summed E-state index contributed by atoms with van der Waals surface area (Å²) < 4.78 is 0. The van der Waals surface area contributed by atoms with Crippen LogP contribution in [-0.4, -0.2) is 81.3 Å². The van der Waals surface area contributed by atoms with Gasteiger partial charge in [0.25, 0.3) is 0 Å². The summed E-state index contributed by atoms with van der Waals surface area (Å²) in [6, 6.07) is 3.95. The maximum absolute atomic E-state index is 13.5. The van der Waals surface area contributed by atoms with Crippen LogP contribution in [0, 0.1) is 0 Å². The van der Waals surface area contributed by atoms with Gasteiger partial charge >= 0.3 is 5.97 Å². The van der Waals surface area contributed by atoms with Crippen LogP contribution in [0.3, 0.4) is 0 Å². The molecule has 16 heteroatoms. The van der Waals surface area contributed by atoms with Gasteiger partial charge in [-0.2, -0.15) is 0 Å². The maximum Gasteiger partial charge on any atom is 0.326 e. The molecule has 0 bridgehead atoms. The Morgan fingerprint density at radius 3 is 2.07 bits per heavy atom. The van der Waals surface area contributed by atoms with Crippen LogP contribution in [0.15, 0.2) is 47.8 Å². The number of guanidine groups is 1. The molecule has 16 nitrogen and oxygen atoms in total. The summed E-state index contributed by atoms with van der Waals surface area (Å²) in [6.07, 6.45) is 3.05. The minimum atomic E-state index is -1.42. The van der Waals surface area contributed by atoms with Gasteiger partial charge in [0.15, 0.2) is 5.96 Å². The molecular formula is C26H38N10O6. The van der Waals surface area contributed by atoms with Gasteiger partial charge in [0, 0.05) is 37.7 Å². The van der Waals surface area contributed by atoms with Crippen LogP contribution in [0.5, 0.6) is 0 Å². The third-order valence-corrected chi connectivity index (χ3v) is 6.13. The summed E-state index contributed by atoms with van der Waals surface area (Å²) in [6.45, 7) is 0.272. The van der Waals surface area contributed by atoms with Gasteiger partial charge < -0.3 is 49.0 Å². The van der Waals surface area contributed by atoms with E-state index in [2.05, 4.69) is 30.9 Å². The molecule has 2 aromatic rings. The Kier molecular flexibility index (Phi) is 13.4. The Hall–Kier alpha value is -4.99. The van der Waals surface area contributed by atoms with Gasteiger partial charge in [-0.1, -0.05) is 30.3 Å². The molecule has 4 atom stereocenters. The second kappa shape index (κ2) is 17.0. The molecule has 1 aromatic heterocycles. The molecule has 0 aliphatic heterocycles. The Labute approximate surface area is 242 Å². The summed E-state index contributed by atoms with van der Waals surface area (Å²) >= 11 is 0. The lowest BCUT2D eigenvalue weighted by molar-refractivity contribution is -0.142. The highest BCUT2D eigenvalue weighted by molar-refractivity contribution is 5.94. The molecule has 13 N–H and O–H groups in total. The standard InChI is InChI=1S/C26H38N10O6/c27-17(7-4-10-32-26(29)30)22(38)35-20(12-16-13-31-14-33-16)24(40)36-19(11-15-5-2-1-3-6-15)23(39)34-18(25(41)42)8-9-21(28)37/h1-3,5-6,13-14,17-20H,4,7-12,27H2,(H2,28,37)(H,31,33)(H,34,39)(H,35,38)(H,36,40)(H,41,42)(H4,29,30,32). The molecule has 42 heavy (non-hydrogen) atoms. The Balaban J connectivity index is 2.22. The number of amides is 4. The summed E-state index contributed by atoms with van der Waals surface area (Å²) in [5.41, 5.74) is 22.9. The third kappa shape index (κ3) is 12.0. The van der Waals surface area contributed by atoms with Gasteiger partial charge in [0.1, 0.15) is 18.1 Å². The van der Waals surface area contributed by atoms with Crippen molar-refractivity contribution in [3.05, 3.63) is 54.1 Å². The Morgan fingerprint density at radius 1 is 0.881 bits per heavy atom. The first-order chi connectivity index (χ1) is 20.0. The molecule has 228 valence electrons. The molecule has 0 aliphatic carbocycles. The van der Waals surface area contributed by atoms with E-state index < -0.39 is 53.8 Å². The van der Waals surface area contributed by atoms with Crippen molar-refractivity contribution in [2.45, 2.75) is 62.7 Å². The number of carboxylic acid groups (broad SMARTS) is 1. The molecule has 0 aliphatic rings. The molecule has 0 saturated carbocycles. The van der Waals surface area contributed by atoms with E-state index in [1.807, 2.05) is 0 Å². The fourth-order valence-electron chi connectivity index (χ4n) is 3.90. The molecule has 4 amide bonds.